The topological polar surface area (TPSA) is 63.4 Å². The van der Waals surface area contributed by atoms with E-state index in [-0.39, 0.29) is 12.1 Å². The van der Waals surface area contributed by atoms with Gasteiger partial charge in [-0.2, -0.15) is 4.98 Å². The summed E-state index contributed by atoms with van der Waals surface area (Å²) in [6.45, 7) is 6.95. The van der Waals surface area contributed by atoms with E-state index in [1.54, 1.807) is 0 Å². The average molecular weight is 266 g/mol. The maximum absolute atomic E-state index is 5.77. The molecule has 0 bridgehead atoms. The van der Waals surface area contributed by atoms with Crippen LogP contribution in [-0.4, -0.2) is 47.8 Å². The van der Waals surface area contributed by atoms with Crippen LogP contribution in [0, 0.1) is 0 Å². The predicted molar refractivity (Wildman–Crippen MR) is 69.7 cm³/mol. The number of ether oxygens (including phenoxy) is 1. The van der Waals surface area contributed by atoms with Crippen molar-refractivity contribution in [1.29, 1.82) is 0 Å². The first-order valence-electron chi connectivity index (χ1n) is 7.27. The van der Waals surface area contributed by atoms with Gasteiger partial charge in [-0.25, -0.2) is 0 Å². The number of rotatable bonds is 4. The van der Waals surface area contributed by atoms with Crippen molar-refractivity contribution in [3.05, 3.63) is 11.7 Å². The summed E-state index contributed by atoms with van der Waals surface area (Å²) in [5.74, 6) is 1.41. The molecule has 2 unspecified atom stereocenters. The van der Waals surface area contributed by atoms with Gasteiger partial charge in [-0.3, -0.25) is 4.90 Å². The molecule has 1 N–H and O–H groups in total. The Balaban J connectivity index is 1.64. The molecule has 1 aromatic heterocycles. The second-order valence-corrected chi connectivity index (χ2v) is 5.30. The molecule has 3 heterocycles. The molecule has 0 amide bonds. The Morgan fingerprint density at radius 3 is 3.21 bits per heavy atom. The van der Waals surface area contributed by atoms with Crippen LogP contribution in [0.3, 0.4) is 0 Å². The lowest BCUT2D eigenvalue weighted by Crippen LogP contribution is -2.39. The van der Waals surface area contributed by atoms with Gasteiger partial charge in [0, 0.05) is 13.1 Å². The Morgan fingerprint density at radius 2 is 2.42 bits per heavy atom. The van der Waals surface area contributed by atoms with Gasteiger partial charge < -0.3 is 14.6 Å². The maximum atomic E-state index is 5.77. The van der Waals surface area contributed by atoms with Gasteiger partial charge in [0.15, 0.2) is 0 Å². The summed E-state index contributed by atoms with van der Waals surface area (Å²) in [6.07, 6.45) is 3.37. The van der Waals surface area contributed by atoms with Crippen LogP contribution in [0.4, 0.5) is 0 Å². The largest absolute Gasteiger partial charge is 0.367 e. The number of aromatic nitrogens is 2. The third kappa shape index (κ3) is 2.96. The molecule has 3 rings (SSSR count). The molecule has 6 heteroatoms. The minimum atomic E-state index is -0.0424. The zero-order chi connectivity index (χ0) is 13.1. The summed E-state index contributed by atoms with van der Waals surface area (Å²) >= 11 is 0. The zero-order valence-corrected chi connectivity index (χ0v) is 11.5. The Labute approximate surface area is 113 Å². The fraction of sp³-hybridized carbons (Fsp3) is 0.846. The van der Waals surface area contributed by atoms with Crippen LogP contribution in [0.15, 0.2) is 4.52 Å². The second-order valence-electron chi connectivity index (χ2n) is 5.30. The van der Waals surface area contributed by atoms with E-state index in [4.69, 9.17) is 9.26 Å². The molecular formula is C13H22N4O2. The lowest BCUT2D eigenvalue weighted by atomic mass is 10.2. The molecule has 0 spiro atoms. The van der Waals surface area contributed by atoms with E-state index in [0.29, 0.717) is 11.7 Å². The third-order valence-electron chi connectivity index (χ3n) is 3.79. The SMILES string of the molecule is CCCN1CCOC(c2noc(C3CCCN3)n2)C1. The molecular weight excluding hydrogens is 244 g/mol. The maximum Gasteiger partial charge on any atom is 0.243 e. The molecule has 2 saturated heterocycles. The van der Waals surface area contributed by atoms with Crippen molar-refractivity contribution in [2.45, 2.75) is 38.3 Å². The molecule has 19 heavy (non-hydrogen) atoms. The van der Waals surface area contributed by atoms with Crippen LogP contribution >= 0.6 is 0 Å². The van der Waals surface area contributed by atoms with E-state index in [1.807, 2.05) is 0 Å². The lowest BCUT2D eigenvalue weighted by molar-refractivity contribution is -0.0350. The number of hydrogen-bond acceptors (Lipinski definition) is 6. The molecule has 2 fully saturated rings. The predicted octanol–water partition coefficient (Wildman–Crippen LogP) is 1.28. The molecule has 0 aliphatic carbocycles. The third-order valence-corrected chi connectivity index (χ3v) is 3.79. The summed E-state index contributed by atoms with van der Waals surface area (Å²) in [7, 11) is 0. The first-order valence-corrected chi connectivity index (χ1v) is 7.27. The Bertz CT molecular complexity index is 401. The summed E-state index contributed by atoms with van der Waals surface area (Å²) in [6, 6.07) is 0.233. The monoisotopic (exact) mass is 266 g/mol. The highest BCUT2D eigenvalue weighted by molar-refractivity contribution is 4.99. The normalized spacial score (nSPS) is 28.9. The summed E-state index contributed by atoms with van der Waals surface area (Å²) < 4.78 is 11.1. The van der Waals surface area contributed by atoms with Crippen molar-refractivity contribution < 1.29 is 9.26 Å². The molecule has 1 aromatic rings. The van der Waals surface area contributed by atoms with E-state index in [9.17, 15) is 0 Å². The van der Waals surface area contributed by atoms with Crippen LogP contribution in [0.2, 0.25) is 0 Å². The Hall–Kier alpha value is -0.980. The highest BCUT2D eigenvalue weighted by atomic mass is 16.5. The number of nitrogens with one attached hydrogen (secondary N) is 1. The average Bonchev–Trinajstić information content (AvgIpc) is 3.11. The Kier molecular flexibility index (Phi) is 4.10. The molecule has 0 aromatic carbocycles. The second kappa shape index (κ2) is 5.98. The molecule has 6 nitrogen and oxygen atoms in total. The van der Waals surface area contributed by atoms with Crippen molar-refractivity contribution in [1.82, 2.24) is 20.4 Å². The van der Waals surface area contributed by atoms with E-state index >= 15 is 0 Å². The van der Waals surface area contributed by atoms with Gasteiger partial charge in [0.05, 0.1) is 12.6 Å². The van der Waals surface area contributed by atoms with Crippen molar-refractivity contribution in [2.75, 3.05) is 32.8 Å². The molecule has 2 atom stereocenters. The Morgan fingerprint density at radius 1 is 1.47 bits per heavy atom. The van der Waals surface area contributed by atoms with Gasteiger partial charge in [0.25, 0.3) is 0 Å². The van der Waals surface area contributed by atoms with Crippen molar-refractivity contribution in [3.63, 3.8) is 0 Å². The van der Waals surface area contributed by atoms with E-state index in [2.05, 4.69) is 27.3 Å². The minimum Gasteiger partial charge on any atom is -0.367 e. The first kappa shape index (κ1) is 13.0. The number of morpholine rings is 1. The molecule has 2 aliphatic rings. The van der Waals surface area contributed by atoms with Crippen molar-refractivity contribution >= 4 is 0 Å². The molecule has 106 valence electrons. The summed E-state index contributed by atoms with van der Waals surface area (Å²) in [4.78, 5) is 6.92. The van der Waals surface area contributed by atoms with Gasteiger partial charge in [-0.05, 0) is 32.4 Å². The van der Waals surface area contributed by atoms with E-state index in [1.165, 1.54) is 6.42 Å². The zero-order valence-electron chi connectivity index (χ0n) is 11.5. The first-order chi connectivity index (χ1) is 9.36. The standard InChI is InChI=1S/C13H22N4O2/c1-2-6-17-7-8-18-11(9-17)12-15-13(19-16-12)10-4-3-5-14-10/h10-11,14H,2-9H2,1H3. The van der Waals surface area contributed by atoms with Gasteiger partial charge in [-0.15, -0.1) is 0 Å². The lowest BCUT2D eigenvalue weighted by Gasteiger charge is -2.30. The minimum absolute atomic E-state index is 0.0424. The summed E-state index contributed by atoms with van der Waals surface area (Å²) in [5.41, 5.74) is 0. The van der Waals surface area contributed by atoms with Crippen LogP contribution < -0.4 is 5.32 Å². The van der Waals surface area contributed by atoms with Crippen molar-refractivity contribution in [3.8, 4) is 0 Å². The van der Waals surface area contributed by atoms with Gasteiger partial charge >= 0.3 is 0 Å². The molecule has 2 aliphatic heterocycles. The van der Waals surface area contributed by atoms with Crippen LogP contribution in [-0.2, 0) is 4.74 Å². The van der Waals surface area contributed by atoms with Gasteiger partial charge in [-0.1, -0.05) is 12.1 Å². The van der Waals surface area contributed by atoms with E-state index < -0.39 is 0 Å². The van der Waals surface area contributed by atoms with E-state index in [0.717, 1.165) is 45.6 Å². The van der Waals surface area contributed by atoms with Crippen molar-refractivity contribution in [2.24, 2.45) is 0 Å². The van der Waals surface area contributed by atoms with Crippen LogP contribution in [0.5, 0.6) is 0 Å². The van der Waals surface area contributed by atoms with Gasteiger partial charge in [0.2, 0.25) is 11.7 Å². The highest BCUT2D eigenvalue weighted by Crippen LogP contribution is 2.25. The number of hydrogen-bond donors (Lipinski definition) is 1. The van der Waals surface area contributed by atoms with Gasteiger partial charge in [0.1, 0.15) is 6.10 Å². The molecule has 0 radical (unpaired) electrons. The number of nitrogens with zero attached hydrogens (tertiary/aromatic N) is 3. The summed E-state index contributed by atoms with van der Waals surface area (Å²) in [5, 5.41) is 7.47. The molecule has 0 saturated carbocycles. The van der Waals surface area contributed by atoms with Crippen LogP contribution in [0.25, 0.3) is 0 Å². The highest BCUT2D eigenvalue weighted by Gasteiger charge is 2.28. The quantitative estimate of drug-likeness (QED) is 0.885. The smallest absolute Gasteiger partial charge is 0.243 e. The fourth-order valence-corrected chi connectivity index (χ4v) is 2.79. The fourth-order valence-electron chi connectivity index (χ4n) is 2.79. The van der Waals surface area contributed by atoms with Crippen LogP contribution in [0.1, 0.15) is 50.0 Å².